The fourth-order valence-corrected chi connectivity index (χ4v) is 12.2. The third kappa shape index (κ3) is 4.62. The molecular formula is C37H57NO5. The fourth-order valence-electron chi connectivity index (χ4n) is 12.2. The number of fused-ring (bicyclic) bond motifs is 7. The maximum atomic E-state index is 12.5. The first-order valence-corrected chi connectivity index (χ1v) is 17.6. The van der Waals surface area contributed by atoms with Crippen molar-refractivity contribution in [1.82, 2.24) is 5.32 Å². The van der Waals surface area contributed by atoms with Crippen LogP contribution in [0.5, 0.6) is 11.5 Å². The highest BCUT2D eigenvalue weighted by Gasteiger charge is 2.66. The van der Waals surface area contributed by atoms with Crippen LogP contribution in [0.25, 0.3) is 0 Å². The minimum Gasteiger partial charge on any atom is -0.493 e. The Labute approximate surface area is 260 Å². The number of hydrogen-bond donors (Lipinski definition) is 2. The van der Waals surface area contributed by atoms with Gasteiger partial charge >= 0.3 is 0 Å². The molecule has 1 aromatic rings. The van der Waals surface area contributed by atoms with Crippen LogP contribution in [0.1, 0.15) is 97.0 Å². The van der Waals surface area contributed by atoms with Gasteiger partial charge in [-0.15, -0.1) is 0 Å². The molecule has 10 unspecified atom stereocenters. The Morgan fingerprint density at radius 2 is 1.56 bits per heavy atom. The molecule has 0 spiro atoms. The molecule has 6 aliphatic rings. The van der Waals surface area contributed by atoms with E-state index >= 15 is 0 Å². The van der Waals surface area contributed by atoms with Crippen molar-refractivity contribution < 1.29 is 24.1 Å². The summed E-state index contributed by atoms with van der Waals surface area (Å²) in [7, 11) is 3.42. The molecule has 1 aromatic carbocycles. The van der Waals surface area contributed by atoms with Crippen molar-refractivity contribution in [3.8, 4) is 11.5 Å². The summed E-state index contributed by atoms with van der Waals surface area (Å²) < 4.78 is 24.0. The van der Waals surface area contributed by atoms with E-state index < -0.39 is 5.60 Å². The lowest BCUT2D eigenvalue weighted by Crippen LogP contribution is -2.63. The molecule has 43 heavy (non-hydrogen) atoms. The Morgan fingerprint density at radius 3 is 2.30 bits per heavy atom. The molecule has 7 rings (SSSR count). The van der Waals surface area contributed by atoms with Crippen molar-refractivity contribution in [2.24, 2.45) is 40.4 Å². The number of benzene rings is 1. The summed E-state index contributed by atoms with van der Waals surface area (Å²) in [6, 6.07) is 6.47. The summed E-state index contributed by atoms with van der Waals surface area (Å²) >= 11 is 0. The average molecular weight is 596 g/mol. The van der Waals surface area contributed by atoms with Crippen molar-refractivity contribution >= 4 is 0 Å². The van der Waals surface area contributed by atoms with E-state index in [0.717, 1.165) is 55.9 Å². The summed E-state index contributed by atoms with van der Waals surface area (Å²) in [4.78, 5) is 0. The number of nitrogens with one attached hydrogen (secondary N) is 1. The standard InChI is InChI=1S/C37H57NO5/c1-24-21-34(2)27-12-16-35(3)28(26(27)9-10-29(34)33-32(24)42-18-19-43-33)13-17-37(35,39)23-38-22-36(14-6-7-15-36)25-8-11-30(40-4)31(20-25)41-5/h8,11,20,24,26-29,32-33,38-39H,6-7,9-10,12-19,21-23H2,1-5H3. The average Bonchev–Trinajstić information content (AvgIpc) is 3.59. The molecule has 0 aromatic heterocycles. The van der Waals surface area contributed by atoms with Crippen LogP contribution >= 0.6 is 0 Å². The number of aliphatic hydroxyl groups is 1. The monoisotopic (exact) mass is 595 g/mol. The van der Waals surface area contributed by atoms with E-state index in [-0.39, 0.29) is 23.0 Å². The molecule has 0 bridgehead atoms. The second kappa shape index (κ2) is 11.2. The maximum Gasteiger partial charge on any atom is 0.161 e. The van der Waals surface area contributed by atoms with Gasteiger partial charge in [-0.2, -0.15) is 0 Å². The van der Waals surface area contributed by atoms with Gasteiger partial charge in [-0.05, 0) is 110 Å². The van der Waals surface area contributed by atoms with Gasteiger partial charge in [-0.3, -0.25) is 0 Å². The van der Waals surface area contributed by atoms with Gasteiger partial charge in [-0.1, -0.05) is 39.7 Å². The van der Waals surface area contributed by atoms with E-state index in [1.54, 1.807) is 14.2 Å². The highest BCUT2D eigenvalue weighted by atomic mass is 16.6. The minimum absolute atomic E-state index is 0.0240. The quantitative estimate of drug-likeness (QED) is 0.374. The number of ether oxygens (including phenoxy) is 4. The first-order valence-electron chi connectivity index (χ1n) is 17.6. The molecule has 240 valence electrons. The highest BCUT2D eigenvalue weighted by molar-refractivity contribution is 5.45. The highest BCUT2D eigenvalue weighted by Crippen LogP contribution is 2.69. The largest absolute Gasteiger partial charge is 0.493 e. The Morgan fingerprint density at radius 1 is 0.837 bits per heavy atom. The minimum atomic E-state index is -0.650. The van der Waals surface area contributed by atoms with Crippen molar-refractivity contribution in [3.05, 3.63) is 23.8 Å². The third-order valence-corrected chi connectivity index (χ3v) is 14.4. The predicted molar refractivity (Wildman–Crippen MR) is 169 cm³/mol. The SMILES string of the molecule is COc1ccc(C2(CNCC3(O)CCC4C5CCC6C7OCCOC7C(C)CC6(C)C5CCC43C)CCCC2)cc1OC. The molecule has 0 amide bonds. The van der Waals surface area contributed by atoms with Crippen LogP contribution in [-0.4, -0.2) is 63.4 Å². The molecule has 1 aliphatic heterocycles. The molecule has 1 heterocycles. The smallest absolute Gasteiger partial charge is 0.161 e. The summed E-state index contributed by atoms with van der Waals surface area (Å²) in [6.45, 7) is 10.6. The van der Waals surface area contributed by atoms with Gasteiger partial charge in [0.2, 0.25) is 0 Å². The molecule has 6 heteroatoms. The first kappa shape index (κ1) is 30.3. The van der Waals surface area contributed by atoms with Crippen molar-refractivity contribution in [1.29, 1.82) is 0 Å². The second-order valence-corrected chi connectivity index (χ2v) is 16.1. The number of rotatable bonds is 7. The van der Waals surface area contributed by atoms with Gasteiger partial charge in [-0.25, -0.2) is 0 Å². The van der Waals surface area contributed by atoms with Crippen LogP contribution in [0.3, 0.4) is 0 Å². The van der Waals surface area contributed by atoms with E-state index in [0.29, 0.717) is 29.7 Å². The van der Waals surface area contributed by atoms with Crippen molar-refractivity contribution in [3.63, 3.8) is 0 Å². The number of methoxy groups -OCH3 is 2. The zero-order chi connectivity index (χ0) is 30.0. The van der Waals surface area contributed by atoms with E-state index in [2.05, 4.69) is 44.3 Å². The normalized spacial score (nSPS) is 45.0. The van der Waals surface area contributed by atoms with Gasteiger partial charge in [0.05, 0.1) is 45.2 Å². The molecule has 1 saturated heterocycles. The molecular weight excluding hydrogens is 538 g/mol. The lowest BCUT2D eigenvalue weighted by atomic mass is 9.43. The van der Waals surface area contributed by atoms with E-state index in [1.807, 2.05) is 0 Å². The van der Waals surface area contributed by atoms with Crippen LogP contribution in [-0.2, 0) is 14.9 Å². The number of hydrogen-bond acceptors (Lipinski definition) is 6. The van der Waals surface area contributed by atoms with Gasteiger partial charge in [0.1, 0.15) is 0 Å². The summed E-state index contributed by atoms with van der Waals surface area (Å²) in [6.07, 6.45) is 13.7. The summed E-state index contributed by atoms with van der Waals surface area (Å²) in [5.41, 5.74) is 1.06. The van der Waals surface area contributed by atoms with Crippen molar-refractivity contribution in [2.75, 3.05) is 40.5 Å². The maximum absolute atomic E-state index is 12.5. The lowest BCUT2D eigenvalue weighted by Gasteiger charge is -2.64. The van der Waals surface area contributed by atoms with Gasteiger partial charge < -0.3 is 29.4 Å². The Balaban J connectivity index is 1.06. The van der Waals surface area contributed by atoms with Crippen LogP contribution in [0.4, 0.5) is 0 Å². The summed E-state index contributed by atoms with van der Waals surface area (Å²) in [5.74, 6) is 4.82. The van der Waals surface area contributed by atoms with Crippen LogP contribution in [0.15, 0.2) is 18.2 Å². The third-order valence-electron chi connectivity index (χ3n) is 14.4. The molecule has 0 radical (unpaired) electrons. The van der Waals surface area contributed by atoms with Crippen LogP contribution in [0.2, 0.25) is 0 Å². The zero-order valence-corrected chi connectivity index (χ0v) is 27.5. The molecule has 6 fully saturated rings. The first-order chi connectivity index (χ1) is 20.7. The Hall–Kier alpha value is -1.34. The lowest BCUT2D eigenvalue weighted by molar-refractivity contribution is -0.249. The van der Waals surface area contributed by atoms with Gasteiger partial charge in [0.25, 0.3) is 0 Å². The molecule has 10 atom stereocenters. The Bertz CT molecular complexity index is 1170. The fraction of sp³-hybridized carbons (Fsp3) is 0.838. The zero-order valence-electron chi connectivity index (χ0n) is 27.5. The second-order valence-electron chi connectivity index (χ2n) is 16.1. The topological polar surface area (TPSA) is 69.2 Å². The molecule has 5 saturated carbocycles. The van der Waals surface area contributed by atoms with Crippen LogP contribution in [0, 0.1) is 40.4 Å². The van der Waals surface area contributed by atoms with E-state index in [9.17, 15) is 5.11 Å². The van der Waals surface area contributed by atoms with Gasteiger partial charge in [0, 0.05) is 23.9 Å². The molecule has 2 N–H and O–H groups in total. The van der Waals surface area contributed by atoms with E-state index in [4.69, 9.17) is 18.9 Å². The van der Waals surface area contributed by atoms with Crippen molar-refractivity contribution in [2.45, 2.75) is 115 Å². The van der Waals surface area contributed by atoms with E-state index in [1.165, 1.54) is 63.4 Å². The Kier molecular flexibility index (Phi) is 7.88. The predicted octanol–water partition coefficient (Wildman–Crippen LogP) is 6.52. The molecule has 5 aliphatic carbocycles. The molecule has 6 nitrogen and oxygen atoms in total. The van der Waals surface area contributed by atoms with Crippen LogP contribution < -0.4 is 14.8 Å². The van der Waals surface area contributed by atoms with Gasteiger partial charge in [0.15, 0.2) is 11.5 Å². The summed E-state index contributed by atoms with van der Waals surface area (Å²) in [5, 5.41) is 16.4.